The van der Waals surface area contributed by atoms with Crippen LogP contribution in [0.3, 0.4) is 0 Å². The number of aryl methyl sites for hydroxylation is 1. The van der Waals surface area contributed by atoms with Crippen LogP contribution in [0, 0.1) is 6.92 Å². The van der Waals surface area contributed by atoms with Gasteiger partial charge in [-0.3, -0.25) is 9.98 Å². The molecule has 3 aromatic carbocycles. The van der Waals surface area contributed by atoms with Crippen molar-refractivity contribution in [2.75, 3.05) is 13.1 Å². The monoisotopic (exact) mass is 488 g/mol. The van der Waals surface area contributed by atoms with Gasteiger partial charge in [-0.25, -0.2) is 0 Å². The Morgan fingerprint density at radius 3 is 1.42 bits per heavy atom. The zero-order chi connectivity index (χ0) is 25.0. The van der Waals surface area contributed by atoms with Crippen LogP contribution in [0.2, 0.25) is 0 Å². The van der Waals surface area contributed by atoms with Gasteiger partial charge in [-0.05, 0) is 48.6 Å². The zero-order valence-corrected chi connectivity index (χ0v) is 21.0. The summed E-state index contributed by atoms with van der Waals surface area (Å²) in [4.78, 5) is 8.71. The Kier molecular flexibility index (Phi) is 11.5. The number of rotatable bonds is 12. The number of hydrogen-bond donors (Lipinski definition) is 2. The maximum absolute atomic E-state index is 6.04. The topological polar surface area (TPSA) is 95.2 Å². The van der Waals surface area contributed by atoms with Crippen LogP contribution in [0.4, 0.5) is 0 Å². The van der Waals surface area contributed by atoms with Gasteiger partial charge in [0.2, 0.25) is 0 Å². The van der Waals surface area contributed by atoms with Crippen LogP contribution in [-0.4, -0.2) is 24.8 Å². The molecule has 0 bridgehead atoms. The van der Waals surface area contributed by atoms with E-state index in [0.29, 0.717) is 24.9 Å². The largest absolute Gasteiger partial charge is 0.489 e. The number of nitrogens with zero attached hydrogens (tertiary/aromatic N) is 2. The number of benzene rings is 3. The molecule has 0 heterocycles. The molecular formula is C30H40N4O2. The molecule has 0 spiro atoms. The van der Waals surface area contributed by atoms with E-state index in [1.807, 2.05) is 73.7 Å². The molecule has 0 aliphatic carbocycles. The molecule has 0 aliphatic rings. The lowest BCUT2D eigenvalue weighted by atomic mass is 10.1. The Hall–Kier alpha value is -3.80. The Morgan fingerprint density at radius 1 is 0.667 bits per heavy atom. The second-order valence-corrected chi connectivity index (χ2v) is 8.49. The fraction of sp³-hybridized carbons (Fsp3) is 0.333. The molecule has 0 saturated heterocycles. The maximum atomic E-state index is 6.04. The highest BCUT2D eigenvalue weighted by Crippen LogP contribution is 2.24. The van der Waals surface area contributed by atoms with Crippen LogP contribution in [-0.2, 0) is 13.2 Å². The molecular weight excluding hydrogens is 448 g/mol. The number of aliphatic imine (C=N–C) groups is 2. The standard InChI is InChI=1S/C29H36N4O2.CH4/c1-4-14-32-28(30)24-10-6-22(7-11-24)19-34-26-16-21(3)17-27(18-26)35-20-23-8-12-25(13-9-23)29(31)33-15-5-2;/h6-13,16-18H,4-5,14-15,19-20H2,1-3H3,(H2,30,32)(H2,31,33);1H4. The molecule has 0 amide bonds. The molecule has 0 aliphatic heterocycles. The van der Waals surface area contributed by atoms with E-state index in [2.05, 4.69) is 23.8 Å². The van der Waals surface area contributed by atoms with Crippen molar-refractivity contribution in [3.63, 3.8) is 0 Å². The number of nitrogens with two attached hydrogens (primary N) is 2. The van der Waals surface area contributed by atoms with Crippen LogP contribution in [0.25, 0.3) is 0 Å². The SMILES string of the molecule is C.CCCN=C(N)c1ccc(COc2cc(C)cc(OCc3ccc(C(N)=NCCC)cc3)c2)cc1. The zero-order valence-electron chi connectivity index (χ0n) is 21.0. The first kappa shape index (κ1) is 28.4. The molecule has 3 aromatic rings. The van der Waals surface area contributed by atoms with Gasteiger partial charge in [-0.15, -0.1) is 0 Å². The van der Waals surface area contributed by atoms with Crippen LogP contribution in [0.5, 0.6) is 11.5 Å². The molecule has 0 radical (unpaired) electrons. The summed E-state index contributed by atoms with van der Waals surface area (Å²) in [6, 6.07) is 21.9. The first-order chi connectivity index (χ1) is 17.0. The van der Waals surface area contributed by atoms with E-state index >= 15 is 0 Å². The summed E-state index contributed by atoms with van der Waals surface area (Å²) in [6.07, 6.45) is 1.95. The lowest BCUT2D eigenvalue weighted by molar-refractivity contribution is 0.289. The first-order valence-electron chi connectivity index (χ1n) is 12.1. The van der Waals surface area contributed by atoms with Gasteiger partial charge in [0, 0.05) is 30.3 Å². The molecule has 3 rings (SSSR count). The third-order valence-electron chi connectivity index (χ3n) is 5.35. The van der Waals surface area contributed by atoms with Gasteiger partial charge in [0.05, 0.1) is 0 Å². The smallest absolute Gasteiger partial charge is 0.125 e. The van der Waals surface area contributed by atoms with Gasteiger partial charge >= 0.3 is 0 Å². The highest BCUT2D eigenvalue weighted by atomic mass is 16.5. The number of amidine groups is 2. The van der Waals surface area contributed by atoms with Gasteiger partial charge in [0.25, 0.3) is 0 Å². The van der Waals surface area contributed by atoms with Gasteiger partial charge in [-0.1, -0.05) is 69.8 Å². The summed E-state index contributed by atoms with van der Waals surface area (Å²) in [7, 11) is 0. The van der Waals surface area contributed by atoms with Crippen LogP contribution < -0.4 is 20.9 Å². The fourth-order valence-electron chi connectivity index (χ4n) is 3.40. The van der Waals surface area contributed by atoms with Crippen molar-refractivity contribution >= 4 is 11.7 Å². The van der Waals surface area contributed by atoms with E-state index in [1.54, 1.807) is 0 Å². The van der Waals surface area contributed by atoms with E-state index in [4.69, 9.17) is 20.9 Å². The summed E-state index contributed by atoms with van der Waals surface area (Å²) in [6.45, 7) is 8.58. The average Bonchev–Trinajstić information content (AvgIpc) is 2.88. The molecule has 0 fully saturated rings. The van der Waals surface area contributed by atoms with Gasteiger partial charge in [0.15, 0.2) is 0 Å². The fourth-order valence-corrected chi connectivity index (χ4v) is 3.40. The minimum atomic E-state index is 0. The lowest BCUT2D eigenvalue weighted by Crippen LogP contribution is -2.14. The van der Waals surface area contributed by atoms with Crippen molar-refractivity contribution in [3.05, 3.63) is 94.5 Å². The molecule has 4 N–H and O–H groups in total. The minimum Gasteiger partial charge on any atom is -0.489 e. The third-order valence-corrected chi connectivity index (χ3v) is 5.35. The van der Waals surface area contributed by atoms with Crippen LogP contribution in [0.1, 0.15) is 61.9 Å². The van der Waals surface area contributed by atoms with Gasteiger partial charge in [-0.2, -0.15) is 0 Å². The average molecular weight is 489 g/mol. The molecule has 36 heavy (non-hydrogen) atoms. The van der Waals surface area contributed by atoms with E-state index in [1.165, 1.54) is 0 Å². The number of ether oxygens (including phenoxy) is 2. The molecule has 0 aromatic heterocycles. The van der Waals surface area contributed by atoms with E-state index in [0.717, 1.165) is 65.2 Å². The Morgan fingerprint density at radius 2 is 1.06 bits per heavy atom. The Bertz CT molecular complexity index is 1050. The summed E-state index contributed by atoms with van der Waals surface area (Å²) in [5, 5.41) is 0. The van der Waals surface area contributed by atoms with E-state index < -0.39 is 0 Å². The summed E-state index contributed by atoms with van der Waals surface area (Å²) < 4.78 is 12.1. The molecule has 0 unspecified atom stereocenters. The molecule has 0 saturated carbocycles. The maximum Gasteiger partial charge on any atom is 0.125 e. The van der Waals surface area contributed by atoms with Crippen LogP contribution in [0.15, 0.2) is 76.7 Å². The Balaban J connectivity index is 0.00000456. The van der Waals surface area contributed by atoms with E-state index in [9.17, 15) is 0 Å². The predicted molar refractivity (Wildman–Crippen MR) is 151 cm³/mol. The Labute approximate surface area is 216 Å². The van der Waals surface area contributed by atoms with E-state index in [-0.39, 0.29) is 7.43 Å². The van der Waals surface area contributed by atoms with Crippen LogP contribution >= 0.6 is 0 Å². The van der Waals surface area contributed by atoms with Gasteiger partial charge < -0.3 is 20.9 Å². The molecule has 0 atom stereocenters. The minimum absolute atomic E-state index is 0. The second kappa shape index (κ2) is 14.6. The quantitative estimate of drug-likeness (QED) is 0.241. The second-order valence-electron chi connectivity index (χ2n) is 8.49. The number of hydrogen-bond acceptors (Lipinski definition) is 4. The lowest BCUT2D eigenvalue weighted by Gasteiger charge is -2.12. The first-order valence-corrected chi connectivity index (χ1v) is 12.1. The molecule has 6 nitrogen and oxygen atoms in total. The van der Waals surface area contributed by atoms with Crippen molar-refractivity contribution in [3.8, 4) is 11.5 Å². The predicted octanol–water partition coefficient (Wildman–Crippen LogP) is 6.02. The van der Waals surface area contributed by atoms with Crippen molar-refractivity contribution in [1.82, 2.24) is 0 Å². The molecule has 6 heteroatoms. The third kappa shape index (κ3) is 8.77. The normalized spacial score (nSPS) is 11.6. The van der Waals surface area contributed by atoms with Crippen molar-refractivity contribution < 1.29 is 9.47 Å². The van der Waals surface area contributed by atoms with Crippen molar-refractivity contribution in [2.24, 2.45) is 21.5 Å². The molecule has 192 valence electrons. The van der Waals surface area contributed by atoms with Crippen molar-refractivity contribution in [2.45, 2.75) is 54.3 Å². The van der Waals surface area contributed by atoms with Gasteiger partial charge in [0.1, 0.15) is 36.4 Å². The summed E-state index contributed by atoms with van der Waals surface area (Å²) in [5.41, 5.74) is 17.1. The summed E-state index contributed by atoms with van der Waals surface area (Å²) >= 11 is 0. The summed E-state index contributed by atoms with van der Waals surface area (Å²) in [5.74, 6) is 2.68. The highest BCUT2D eigenvalue weighted by Gasteiger charge is 2.05. The highest BCUT2D eigenvalue weighted by molar-refractivity contribution is 5.97. The van der Waals surface area contributed by atoms with Crippen molar-refractivity contribution in [1.29, 1.82) is 0 Å².